The number of halogens is 1. The van der Waals surface area contributed by atoms with E-state index in [1.54, 1.807) is 11.3 Å². The molecule has 0 bridgehead atoms. The number of thioether (sulfide) groups is 1. The van der Waals surface area contributed by atoms with Crippen molar-refractivity contribution in [3.8, 4) is 11.8 Å². The lowest BCUT2D eigenvalue weighted by atomic mass is 10.2. The van der Waals surface area contributed by atoms with Gasteiger partial charge >= 0.3 is 0 Å². The van der Waals surface area contributed by atoms with Gasteiger partial charge in [0.05, 0.1) is 0 Å². The van der Waals surface area contributed by atoms with Crippen molar-refractivity contribution in [3.05, 3.63) is 56.7 Å². The van der Waals surface area contributed by atoms with Crippen molar-refractivity contribution in [3.63, 3.8) is 0 Å². The van der Waals surface area contributed by atoms with E-state index in [1.807, 2.05) is 35.3 Å². The van der Waals surface area contributed by atoms with Crippen LogP contribution in [0, 0.1) is 11.8 Å². The van der Waals surface area contributed by atoms with Crippen LogP contribution < -0.4 is 0 Å². The highest BCUT2D eigenvalue weighted by Gasteiger charge is 2.01. The zero-order chi connectivity index (χ0) is 13.5. The van der Waals surface area contributed by atoms with Crippen LogP contribution in [0.25, 0.3) is 0 Å². The molecule has 2 aromatic rings. The number of hydrogen-bond acceptors (Lipinski definition) is 3. The molecule has 98 valence electrons. The fraction of sp³-hybridized carbons (Fsp3) is 0.200. The Morgan fingerprint density at radius 1 is 1.26 bits per heavy atom. The minimum atomic E-state index is -0.0908. The molecule has 0 saturated heterocycles. The van der Waals surface area contributed by atoms with Crippen LogP contribution in [-0.4, -0.2) is 11.7 Å². The maximum Gasteiger partial charge on any atom is 0.104 e. The Morgan fingerprint density at radius 2 is 2.11 bits per heavy atom. The summed E-state index contributed by atoms with van der Waals surface area (Å²) in [4.78, 5) is 1.29. The van der Waals surface area contributed by atoms with Crippen molar-refractivity contribution in [1.29, 1.82) is 0 Å². The van der Waals surface area contributed by atoms with E-state index in [9.17, 15) is 0 Å². The SMILES string of the molecule is OCC#Cc1csc(CSCc2ccccc2Cl)c1. The molecule has 0 spiro atoms. The lowest BCUT2D eigenvalue weighted by Gasteiger charge is -2.02. The summed E-state index contributed by atoms with van der Waals surface area (Å²) in [5, 5.41) is 11.5. The molecule has 4 heteroatoms. The van der Waals surface area contributed by atoms with Gasteiger partial charge in [-0.15, -0.1) is 11.3 Å². The van der Waals surface area contributed by atoms with Gasteiger partial charge in [0.2, 0.25) is 0 Å². The first-order valence-corrected chi connectivity index (χ1v) is 8.19. The fourth-order valence-electron chi connectivity index (χ4n) is 1.54. The Hall–Kier alpha value is -0.920. The Kier molecular flexibility index (Phi) is 5.81. The van der Waals surface area contributed by atoms with E-state index in [1.165, 1.54) is 10.4 Å². The molecule has 0 fully saturated rings. The van der Waals surface area contributed by atoms with E-state index in [-0.39, 0.29) is 6.61 Å². The van der Waals surface area contributed by atoms with Gasteiger partial charge in [-0.05, 0) is 17.7 Å². The molecule has 2 rings (SSSR count). The summed E-state index contributed by atoms with van der Waals surface area (Å²) < 4.78 is 0. The Morgan fingerprint density at radius 3 is 2.89 bits per heavy atom. The van der Waals surface area contributed by atoms with Crippen molar-refractivity contribution in [2.75, 3.05) is 6.61 Å². The molecule has 0 unspecified atom stereocenters. The largest absolute Gasteiger partial charge is 0.384 e. The highest BCUT2D eigenvalue weighted by molar-refractivity contribution is 7.97. The topological polar surface area (TPSA) is 20.2 Å². The van der Waals surface area contributed by atoms with Crippen LogP contribution in [0.4, 0.5) is 0 Å². The molecule has 1 aromatic heterocycles. The summed E-state index contributed by atoms with van der Waals surface area (Å²) in [7, 11) is 0. The molecular formula is C15H13ClOS2. The monoisotopic (exact) mass is 308 g/mol. The minimum Gasteiger partial charge on any atom is -0.384 e. The molecule has 1 aromatic carbocycles. The second-order valence-electron chi connectivity index (χ2n) is 3.85. The second kappa shape index (κ2) is 7.62. The highest BCUT2D eigenvalue weighted by Crippen LogP contribution is 2.25. The number of aliphatic hydroxyl groups is 1. The molecule has 0 amide bonds. The summed E-state index contributed by atoms with van der Waals surface area (Å²) in [6.45, 7) is -0.0908. The lowest BCUT2D eigenvalue weighted by molar-refractivity contribution is 0.350. The van der Waals surface area contributed by atoms with Gasteiger partial charge in [-0.2, -0.15) is 11.8 Å². The maximum absolute atomic E-state index is 8.64. The van der Waals surface area contributed by atoms with E-state index >= 15 is 0 Å². The molecule has 0 aliphatic rings. The molecule has 1 heterocycles. The number of aliphatic hydroxyl groups excluding tert-OH is 1. The summed E-state index contributed by atoms with van der Waals surface area (Å²) in [6.07, 6.45) is 0. The third kappa shape index (κ3) is 4.59. The molecule has 0 atom stereocenters. The average molecular weight is 309 g/mol. The number of thiophene rings is 1. The summed E-state index contributed by atoms with van der Waals surface area (Å²) >= 11 is 9.66. The molecule has 1 N–H and O–H groups in total. The zero-order valence-corrected chi connectivity index (χ0v) is 12.6. The quantitative estimate of drug-likeness (QED) is 0.855. The van der Waals surface area contributed by atoms with Crippen LogP contribution in [0.15, 0.2) is 35.7 Å². The van der Waals surface area contributed by atoms with Gasteiger partial charge in [0.15, 0.2) is 0 Å². The first kappa shape index (κ1) is 14.5. The van der Waals surface area contributed by atoms with Crippen molar-refractivity contribution in [2.45, 2.75) is 11.5 Å². The fourth-order valence-corrected chi connectivity index (χ4v) is 3.80. The van der Waals surface area contributed by atoms with E-state index in [4.69, 9.17) is 16.7 Å². The molecule has 1 nitrogen and oxygen atoms in total. The molecule has 0 saturated carbocycles. The molecule has 0 radical (unpaired) electrons. The van der Waals surface area contributed by atoms with Gasteiger partial charge in [-0.3, -0.25) is 0 Å². The number of benzene rings is 1. The van der Waals surface area contributed by atoms with Crippen LogP contribution in [-0.2, 0) is 11.5 Å². The van der Waals surface area contributed by atoms with Gasteiger partial charge in [-0.25, -0.2) is 0 Å². The standard InChI is InChI=1S/C15H13ClOS2/c16-15-6-2-1-5-13(15)10-18-11-14-8-12(9-19-14)4-3-7-17/h1-2,5-6,8-9,17H,7,10-11H2. The van der Waals surface area contributed by atoms with E-state index in [2.05, 4.69) is 24.0 Å². The average Bonchev–Trinajstić information content (AvgIpc) is 2.86. The zero-order valence-electron chi connectivity index (χ0n) is 10.2. The molecular weight excluding hydrogens is 296 g/mol. The molecule has 19 heavy (non-hydrogen) atoms. The summed E-state index contributed by atoms with van der Waals surface area (Å²) in [5.74, 6) is 7.43. The number of rotatable bonds is 4. The van der Waals surface area contributed by atoms with Gasteiger partial charge in [0.25, 0.3) is 0 Å². The van der Waals surface area contributed by atoms with E-state index < -0.39 is 0 Å². The lowest BCUT2D eigenvalue weighted by Crippen LogP contribution is -1.82. The summed E-state index contributed by atoms with van der Waals surface area (Å²) in [5.41, 5.74) is 2.15. The normalized spacial score (nSPS) is 10.0. The van der Waals surface area contributed by atoms with Crippen LogP contribution >= 0.6 is 34.7 Å². The highest BCUT2D eigenvalue weighted by atomic mass is 35.5. The number of hydrogen-bond donors (Lipinski definition) is 1. The van der Waals surface area contributed by atoms with Gasteiger partial charge in [0.1, 0.15) is 6.61 Å². The smallest absolute Gasteiger partial charge is 0.104 e. The Labute approximate surface area is 126 Å². The van der Waals surface area contributed by atoms with E-state index in [0.29, 0.717) is 0 Å². The Bertz CT molecular complexity index is 595. The maximum atomic E-state index is 8.64. The molecule has 0 aliphatic heterocycles. The van der Waals surface area contributed by atoms with Gasteiger partial charge < -0.3 is 5.11 Å². The molecule has 0 aliphatic carbocycles. The Balaban J connectivity index is 1.86. The van der Waals surface area contributed by atoms with Crippen molar-refractivity contribution in [1.82, 2.24) is 0 Å². The second-order valence-corrected chi connectivity index (χ2v) is 6.23. The van der Waals surface area contributed by atoms with Gasteiger partial charge in [0, 0.05) is 32.3 Å². The van der Waals surface area contributed by atoms with Crippen molar-refractivity contribution < 1.29 is 5.11 Å². The van der Waals surface area contributed by atoms with Crippen LogP contribution in [0.3, 0.4) is 0 Å². The third-order valence-corrected chi connectivity index (χ3v) is 4.94. The van der Waals surface area contributed by atoms with Crippen LogP contribution in [0.2, 0.25) is 5.02 Å². The minimum absolute atomic E-state index is 0.0908. The van der Waals surface area contributed by atoms with Crippen LogP contribution in [0.5, 0.6) is 0 Å². The van der Waals surface area contributed by atoms with Gasteiger partial charge in [-0.1, -0.05) is 41.6 Å². The van der Waals surface area contributed by atoms with E-state index in [0.717, 1.165) is 22.1 Å². The first-order valence-electron chi connectivity index (χ1n) is 5.78. The van der Waals surface area contributed by atoms with Crippen molar-refractivity contribution in [2.24, 2.45) is 0 Å². The van der Waals surface area contributed by atoms with Crippen LogP contribution in [0.1, 0.15) is 16.0 Å². The van der Waals surface area contributed by atoms with Crippen molar-refractivity contribution >= 4 is 34.7 Å². The predicted octanol–water partition coefficient (Wildman–Crippen LogP) is 4.18. The third-order valence-electron chi connectivity index (χ3n) is 2.43. The first-order chi connectivity index (χ1) is 9.29. The summed E-state index contributed by atoms with van der Waals surface area (Å²) in [6, 6.07) is 10.0. The predicted molar refractivity (Wildman–Crippen MR) is 84.7 cm³/mol.